The zero-order chi connectivity index (χ0) is 12.3. The van der Waals surface area contributed by atoms with Crippen LogP contribution in [0.15, 0.2) is 24.3 Å². The zero-order valence-electron chi connectivity index (χ0n) is 10.8. The van der Waals surface area contributed by atoms with Gasteiger partial charge in [-0.05, 0) is 37.3 Å². The standard InChI is InChI=1S/C15H24O2/c1-2-12-17-13-8-4-3-5-9-14-10-6-7-11-15(14)16/h6-7,10-11,16H,2-5,8-9,12-13H2,1H3. The van der Waals surface area contributed by atoms with Gasteiger partial charge in [-0.25, -0.2) is 0 Å². The van der Waals surface area contributed by atoms with Gasteiger partial charge in [0.05, 0.1) is 0 Å². The Morgan fingerprint density at radius 3 is 2.53 bits per heavy atom. The molecule has 0 aliphatic rings. The molecule has 96 valence electrons. The molecule has 0 fully saturated rings. The Morgan fingerprint density at radius 1 is 1.00 bits per heavy atom. The molecular formula is C15H24O2. The van der Waals surface area contributed by atoms with Gasteiger partial charge < -0.3 is 9.84 Å². The maximum Gasteiger partial charge on any atom is 0.118 e. The molecule has 17 heavy (non-hydrogen) atoms. The maximum atomic E-state index is 9.59. The highest BCUT2D eigenvalue weighted by molar-refractivity contribution is 5.31. The lowest BCUT2D eigenvalue weighted by molar-refractivity contribution is 0.130. The van der Waals surface area contributed by atoms with Crippen LogP contribution in [0.1, 0.15) is 44.6 Å². The van der Waals surface area contributed by atoms with Crippen LogP contribution in [0, 0.1) is 0 Å². The first-order valence-corrected chi connectivity index (χ1v) is 6.69. The van der Waals surface area contributed by atoms with Crippen molar-refractivity contribution in [2.75, 3.05) is 13.2 Å². The van der Waals surface area contributed by atoms with Crippen LogP contribution in [0.2, 0.25) is 0 Å². The number of hydrogen-bond acceptors (Lipinski definition) is 2. The highest BCUT2D eigenvalue weighted by atomic mass is 16.5. The second kappa shape index (κ2) is 9.06. The number of aryl methyl sites for hydroxylation is 1. The molecule has 1 aromatic rings. The minimum atomic E-state index is 0.429. The van der Waals surface area contributed by atoms with Crippen LogP contribution in [0.25, 0.3) is 0 Å². The normalized spacial score (nSPS) is 10.6. The van der Waals surface area contributed by atoms with Crippen molar-refractivity contribution in [3.8, 4) is 5.75 Å². The number of benzene rings is 1. The van der Waals surface area contributed by atoms with Crippen LogP contribution in [0.3, 0.4) is 0 Å². The van der Waals surface area contributed by atoms with E-state index in [2.05, 4.69) is 6.92 Å². The largest absolute Gasteiger partial charge is 0.508 e. The number of hydrogen-bond donors (Lipinski definition) is 1. The smallest absolute Gasteiger partial charge is 0.118 e. The van der Waals surface area contributed by atoms with Crippen molar-refractivity contribution < 1.29 is 9.84 Å². The highest BCUT2D eigenvalue weighted by Gasteiger charge is 1.98. The van der Waals surface area contributed by atoms with Crippen molar-refractivity contribution in [3.05, 3.63) is 29.8 Å². The zero-order valence-corrected chi connectivity index (χ0v) is 10.8. The Morgan fingerprint density at radius 2 is 1.76 bits per heavy atom. The molecule has 0 aromatic heterocycles. The summed E-state index contributed by atoms with van der Waals surface area (Å²) in [5.41, 5.74) is 1.06. The van der Waals surface area contributed by atoms with E-state index in [0.29, 0.717) is 5.75 Å². The van der Waals surface area contributed by atoms with E-state index in [1.807, 2.05) is 18.2 Å². The molecule has 1 aromatic carbocycles. The quantitative estimate of drug-likeness (QED) is 0.658. The third-order valence-corrected chi connectivity index (χ3v) is 2.82. The molecule has 0 saturated carbocycles. The number of para-hydroxylation sites is 1. The Labute approximate surface area is 105 Å². The summed E-state index contributed by atoms with van der Waals surface area (Å²) in [5, 5.41) is 9.59. The molecular weight excluding hydrogens is 212 g/mol. The SMILES string of the molecule is CCCOCCCCCCc1ccccc1O. The fourth-order valence-electron chi connectivity index (χ4n) is 1.84. The molecule has 0 bridgehead atoms. The van der Waals surface area contributed by atoms with Gasteiger partial charge in [0, 0.05) is 13.2 Å². The van der Waals surface area contributed by atoms with Gasteiger partial charge >= 0.3 is 0 Å². The predicted molar refractivity (Wildman–Crippen MR) is 71.4 cm³/mol. The second-order valence-electron chi connectivity index (χ2n) is 4.41. The number of ether oxygens (including phenoxy) is 1. The van der Waals surface area contributed by atoms with Gasteiger partial charge in [0.15, 0.2) is 0 Å². The van der Waals surface area contributed by atoms with E-state index >= 15 is 0 Å². The fraction of sp³-hybridized carbons (Fsp3) is 0.600. The molecule has 0 atom stereocenters. The van der Waals surface area contributed by atoms with Crippen LogP contribution in [0.5, 0.6) is 5.75 Å². The van der Waals surface area contributed by atoms with E-state index in [1.165, 1.54) is 12.8 Å². The summed E-state index contributed by atoms with van der Waals surface area (Å²) in [5.74, 6) is 0.429. The van der Waals surface area contributed by atoms with E-state index in [9.17, 15) is 5.11 Å². The summed E-state index contributed by atoms with van der Waals surface area (Å²) in [4.78, 5) is 0. The summed E-state index contributed by atoms with van der Waals surface area (Å²) in [6.07, 6.45) is 6.81. The Balaban J connectivity index is 1.99. The van der Waals surface area contributed by atoms with Gasteiger partial charge in [-0.1, -0.05) is 38.0 Å². The number of aromatic hydroxyl groups is 1. The molecule has 1 N–H and O–H groups in total. The van der Waals surface area contributed by atoms with Gasteiger partial charge in [0.25, 0.3) is 0 Å². The Kier molecular flexibility index (Phi) is 7.48. The first kappa shape index (κ1) is 14.0. The number of phenols is 1. The van der Waals surface area contributed by atoms with Crippen molar-refractivity contribution in [1.29, 1.82) is 0 Å². The second-order valence-corrected chi connectivity index (χ2v) is 4.41. The van der Waals surface area contributed by atoms with Gasteiger partial charge in [0.2, 0.25) is 0 Å². The van der Waals surface area contributed by atoms with Crippen LogP contribution in [0.4, 0.5) is 0 Å². The van der Waals surface area contributed by atoms with Crippen LogP contribution >= 0.6 is 0 Å². The summed E-state index contributed by atoms with van der Waals surface area (Å²) >= 11 is 0. The van der Waals surface area contributed by atoms with Gasteiger partial charge in [-0.15, -0.1) is 0 Å². The maximum absolute atomic E-state index is 9.59. The lowest BCUT2D eigenvalue weighted by Crippen LogP contribution is -1.95. The summed E-state index contributed by atoms with van der Waals surface area (Å²) in [7, 11) is 0. The van der Waals surface area contributed by atoms with E-state index in [-0.39, 0.29) is 0 Å². The minimum absolute atomic E-state index is 0.429. The molecule has 0 amide bonds. The van der Waals surface area contributed by atoms with Crippen LogP contribution in [-0.2, 0) is 11.2 Å². The third-order valence-electron chi connectivity index (χ3n) is 2.82. The van der Waals surface area contributed by atoms with Crippen molar-refractivity contribution >= 4 is 0 Å². The lowest BCUT2D eigenvalue weighted by atomic mass is 10.1. The Hall–Kier alpha value is -1.02. The van der Waals surface area contributed by atoms with Crippen LogP contribution < -0.4 is 0 Å². The molecule has 1 rings (SSSR count). The summed E-state index contributed by atoms with van der Waals surface area (Å²) < 4.78 is 5.43. The first-order valence-electron chi connectivity index (χ1n) is 6.69. The lowest BCUT2D eigenvalue weighted by Gasteiger charge is -2.04. The van der Waals surface area contributed by atoms with Gasteiger partial charge in [-0.3, -0.25) is 0 Å². The average Bonchev–Trinajstić information content (AvgIpc) is 2.35. The molecule has 0 saturated heterocycles. The summed E-state index contributed by atoms with van der Waals surface area (Å²) in [6, 6.07) is 7.60. The predicted octanol–water partition coefficient (Wildman–Crippen LogP) is 3.92. The van der Waals surface area contributed by atoms with E-state index in [0.717, 1.165) is 44.5 Å². The number of phenolic OH excluding ortho intramolecular Hbond substituents is 1. The molecule has 0 aliphatic heterocycles. The topological polar surface area (TPSA) is 29.5 Å². The Bertz CT molecular complexity index is 297. The minimum Gasteiger partial charge on any atom is -0.508 e. The van der Waals surface area contributed by atoms with Crippen LogP contribution in [-0.4, -0.2) is 18.3 Å². The number of unbranched alkanes of at least 4 members (excludes halogenated alkanes) is 3. The third kappa shape index (κ3) is 6.32. The first-order chi connectivity index (χ1) is 8.34. The van der Waals surface area contributed by atoms with Gasteiger partial charge in [0.1, 0.15) is 5.75 Å². The fourth-order valence-corrected chi connectivity index (χ4v) is 1.84. The van der Waals surface area contributed by atoms with Crippen molar-refractivity contribution in [2.45, 2.75) is 45.4 Å². The van der Waals surface area contributed by atoms with Crippen molar-refractivity contribution in [2.24, 2.45) is 0 Å². The molecule has 0 unspecified atom stereocenters. The molecule has 2 heteroatoms. The number of rotatable bonds is 9. The summed E-state index contributed by atoms with van der Waals surface area (Å²) in [6.45, 7) is 3.91. The molecule has 0 heterocycles. The highest BCUT2D eigenvalue weighted by Crippen LogP contribution is 2.18. The molecule has 0 aliphatic carbocycles. The molecule has 2 nitrogen and oxygen atoms in total. The van der Waals surface area contributed by atoms with Gasteiger partial charge in [-0.2, -0.15) is 0 Å². The average molecular weight is 236 g/mol. The molecule has 0 radical (unpaired) electrons. The molecule has 0 spiro atoms. The van der Waals surface area contributed by atoms with E-state index in [1.54, 1.807) is 6.07 Å². The monoisotopic (exact) mass is 236 g/mol. The van der Waals surface area contributed by atoms with Crippen molar-refractivity contribution in [1.82, 2.24) is 0 Å². The van der Waals surface area contributed by atoms with E-state index in [4.69, 9.17) is 4.74 Å². The van der Waals surface area contributed by atoms with Crippen molar-refractivity contribution in [3.63, 3.8) is 0 Å². The van der Waals surface area contributed by atoms with E-state index < -0.39 is 0 Å².